The molecule has 0 heterocycles. The smallest absolute Gasteiger partial charge is 0.312 e. The highest BCUT2D eigenvalue weighted by atomic mass is 19.2. The van der Waals surface area contributed by atoms with Gasteiger partial charge in [0.2, 0.25) is 0 Å². The Balaban J connectivity index is 0.00000139. The molecule has 2 aliphatic rings. The van der Waals surface area contributed by atoms with E-state index < -0.39 is 42.7 Å². The van der Waals surface area contributed by atoms with Crippen LogP contribution in [-0.4, -0.2) is 36.8 Å². The van der Waals surface area contributed by atoms with Crippen LogP contribution in [0.25, 0.3) is 0 Å². The summed E-state index contributed by atoms with van der Waals surface area (Å²) >= 11 is 0. The molecule has 2 fully saturated rings. The predicted molar refractivity (Wildman–Crippen MR) is 84.3 cm³/mol. The van der Waals surface area contributed by atoms with Crippen molar-refractivity contribution in [1.82, 2.24) is 0 Å². The molecule has 138 valence electrons. The van der Waals surface area contributed by atoms with E-state index in [0.29, 0.717) is 12.8 Å². The summed E-state index contributed by atoms with van der Waals surface area (Å²) in [6, 6.07) is 0. The Morgan fingerprint density at radius 2 is 1.54 bits per heavy atom. The van der Waals surface area contributed by atoms with Gasteiger partial charge in [-0.2, -0.15) is 0 Å². The lowest BCUT2D eigenvalue weighted by Gasteiger charge is -2.33. The average Bonchev–Trinajstić information content (AvgIpc) is 2.54. The first-order valence-electron chi connectivity index (χ1n) is 8.61. The van der Waals surface area contributed by atoms with Gasteiger partial charge < -0.3 is 4.74 Å². The lowest BCUT2D eigenvalue weighted by atomic mass is 9.81. The number of hydrogen-bond donors (Lipinski definition) is 0. The third-order valence-electron chi connectivity index (χ3n) is 4.37. The number of alkyl halides is 4. The van der Waals surface area contributed by atoms with Crippen molar-refractivity contribution in [3.63, 3.8) is 0 Å². The van der Waals surface area contributed by atoms with E-state index in [1.54, 1.807) is 6.92 Å². The van der Waals surface area contributed by atoms with E-state index >= 15 is 0 Å². The summed E-state index contributed by atoms with van der Waals surface area (Å²) in [5, 5.41) is 0. The van der Waals surface area contributed by atoms with Gasteiger partial charge in [0.15, 0.2) is 6.17 Å². The van der Waals surface area contributed by atoms with Crippen LogP contribution in [0.15, 0.2) is 0 Å². The minimum Gasteiger partial charge on any atom is -0.462 e. The van der Waals surface area contributed by atoms with Crippen LogP contribution in [0.4, 0.5) is 17.6 Å². The fourth-order valence-electron chi connectivity index (χ4n) is 3.15. The van der Waals surface area contributed by atoms with Crippen molar-refractivity contribution < 1.29 is 27.1 Å². The van der Waals surface area contributed by atoms with E-state index in [9.17, 15) is 22.4 Å². The van der Waals surface area contributed by atoms with Gasteiger partial charge in [-0.1, -0.05) is 13.8 Å². The molecular weight excluding hydrogens is 324 g/mol. The van der Waals surface area contributed by atoms with Crippen LogP contribution in [0, 0.1) is 23.7 Å². The summed E-state index contributed by atoms with van der Waals surface area (Å²) in [6.07, 6.45) is -8.23. The first kappa shape index (κ1) is 20.8. The van der Waals surface area contributed by atoms with Crippen LogP contribution >= 0.6 is 0 Å². The molecule has 5 unspecified atom stereocenters. The molecule has 0 radical (unpaired) electrons. The second-order valence-corrected chi connectivity index (χ2v) is 6.03. The summed E-state index contributed by atoms with van der Waals surface area (Å²) in [4.78, 5) is 12.0. The fraction of sp³-hybridized carbons (Fsp3) is 0.833. The standard InChI is InChI=1S/C16H20F4O2.C2H6/c1-2-3-9-4-5-11(12(17)6-9)16(21)22-10-7-13(18)15(20)14(19)8-10;1-2/h9-15H,4-8H2,1H3;1-2H3. The highest BCUT2D eigenvalue weighted by Crippen LogP contribution is 2.34. The normalized spacial score (nSPS) is 38.9. The molecule has 2 nitrogen and oxygen atoms in total. The summed E-state index contributed by atoms with van der Waals surface area (Å²) in [5.74, 6) is 3.84. The number of halogens is 4. The molecule has 0 aromatic rings. The Labute approximate surface area is 141 Å². The van der Waals surface area contributed by atoms with Gasteiger partial charge in [0, 0.05) is 18.8 Å². The molecule has 2 rings (SSSR count). The molecule has 5 atom stereocenters. The Morgan fingerprint density at radius 1 is 0.958 bits per heavy atom. The molecule has 0 saturated heterocycles. The van der Waals surface area contributed by atoms with Crippen LogP contribution in [0.1, 0.15) is 52.9 Å². The average molecular weight is 350 g/mol. The minimum atomic E-state index is -2.17. The fourth-order valence-corrected chi connectivity index (χ4v) is 3.15. The van der Waals surface area contributed by atoms with Crippen molar-refractivity contribution in [2.45, 2.75) is 83.7 Å². The maximum Gasteiger partial charge on any atom is 0.312 e. The van der Waals surface area contributed by atoms with E-state index in [-0.39, 0.29) is 25.2 Å². The molecule has 0 amide bonds. The third kappa shape index (κ3) is 5.39. The molecule has 0 N–H and O–H groups in total. The lowest BCUT2D eigenvalue weighted by molar-refractivity contribution is -0.163. The first-order chi connectivity index (χ1) is 11.4. The van der Waals surface area contributed by atoms with Crippen molar-refractivity contribution in [2.75, 3.05) is 0 Å². The lowest BCUT2D eigenvalue weighted by Crippen LogP contribution is -2.43. The summed E-state index contributed by atoms with van der Waals surface area (Å²) in [5.41, 5.74) is 0. The number of carbonyl (C=O) groups is 1. The second-order valence-electron chi connectivity index (χ2n) is 6.03. The first-order valence-corrected chi connectivity index (χ1v) is 8.61. The number of rotatable bonds is 2. The van der Waals surface area contributed by atoms with Crippen LogP contribution in [0.2, 0.25) is 0 Å². The quantitative estimate of drug-likeness (QED) is 0.416. The zero-order valence-electron chi connectivity index (χ0n) is 14.4. The van der Waals surface area contributed by atoms with Gasteiger partial charge in [0.1, 0.15) is 24.6 Å². The van der Waals surface area contributed by atoms with Crippen molar-refractivity contribution in [3.8, 4) is 11.8 Å². The molecule has 2 aliphatic carbocycles. The number of hydrogen-bond acceptors (Lipinski definition) is 2. The van der Waals surface area contributed by atoms with Crippen LogP contribution in [0.5, 0.6) is 0 Å². The Kier molecular flexibility index (Phi) is 8.58. The van der Waals surface area contributed by atoms with Crippen molar-refractivity contribution >= 4 is 5.97 Å². The van der Waals surface area contributed by atoms with Gasteiger partial charge in [-0.25, -0.2) is 17.6 Å². The highest BCUT2D eigenvalue weighted by molar-refractivity contribution is 5.73. The monoisotopic (exact) mass is 350 g/mol. The van der Waals surface area contributed by atoms with Crippen LogP contribution in [0.3, 0.4) is 0 Å². The predicted octanol–water partition coefficient (Wildman–Crippen LogP) is 4.51. The van der Waals surface area contributed by atoms with E-state index in [0.717, 1.165) is 0 Å². The summed E-state index contributed by atoms with van der Waals surface area (Å²) in [6.45, 7) is 5.68. The van der Waals surface area contributed by atoms with Crippen molar-refractivity contribution in [3.05, 3.63) is 0 Å². The highest BCUT2D eigenvalue weighted by Gasteiger charge is 2.42. The largest absolute Gasteiger partial charge is 0.462 e. The zero-order valence-corrected chi connectivity index (χ0v) is 14.4. The van der Waals surface area contributed by atoms with Gasteiger partial charge in [0.25, 0.3) is 0 Å². The SMILES string of the molecule is CC.CC#CC1CCC(C(=O)OC2CC(F)C(F)C(F)C2)C(F)C1. The molecule has 0 aromatic heterocycles. The van der Waals surface area contributed by atoms with E-state index in [1.165, 1.54) is 0 Å². The van der Waals surface area contributed by atoms with Crippen molar-refractivity contribution in [2.24, 2.45) is 11.8 Å². The molecule has 0 aromatic carbocycles. The molecule has 0 bridgehead atoms. The van der Waals surface area contributed by atoms with Crippen molar-refractivity contribution in [1.29, 1.82) is 0 Å². The summed E-state index contributed by atoms with van der Waals surface area (Å²) < 4.78 is 58.7. The Morgan fingerprint density at radius 3 is 2.04 bits per heavy atom. The molecule has 2 saturated carbocycles. The molecule has 6 heteroatoms. The zero-order chi connectivity index (χ0) is 18.3. The van der Waals surface area contributed by atoms with Crippen LogP contribution < -0.4 is 0 Å². The number of esters is 1. The van der Waals surface area contributed by atoms with Gasteiger partial charge >= 0.3 is 5.97 Å². The maximum absolute atomic E-state index is 14.1. The summed E-state index contributed by atoms with van der Waals surface area (Å²) in [7, 11) is 0. The number of carbonyl (C=O) groups excluding carboxylic acids is 1. The third-order valence-corrected chi connectivity index (χ3v) is 4.37. The van der Waals surface area contributed by atoms with E-state index in [1.807, 2.05) is 13.8 Å². The molecular formula is C18H26F4O2. The Hall–Kier alpha value is -1.25. The molecule has 0 aliphatic heterocycles. The van der Waals surface area contributed by atoms with Gasteiger partial charge in [-0.05, 0) is 26.2 Å². The number of ether oxygens (including phenoxy) is 1. The Bertz CT molecular complexity index is 448. The van der Waals surface area contributed by atoms with Gasteiger partial charge in [-0.3, -0.25) is 4.79 Å². The van der Waals surface area contributed by atoms with Gasteiger partial charge in [0.05, 0.1) is 5.92 Å². The second kappa shape index (κ2) is 9.90. The molecule has 24 heavy (non-hydrogen) atoms. The molecule has 0 spiro atoms. The topological polar surface area (TPSA) is 26.3 Å². The van der Waals surface area contributed by atoms with Crippen LogP contribution in [-0.2, 0) is 9.53 Å². The van der Waals surface area contributed by atoms with E-state index in [2.05, 4.69) is 11.8 Å². The minimum absolute atomic E-state index is 0.0727. The maximum atomic E-state index is 14.1. The van der Waals surface area contributed by atoms with E-state index in [4.69, 9.17) is 4.74 Å². The van der Waals surface area contributed by atoms with Gasteiger partial charge in [-0.15, -0.1) is 11.8 Å².